The van der Waals surface area contributed by atoms with Crippen molar-refractivity contribution < 1.29 is 13.2 Å². The molecular formula is C32H39N5O3S. The molecule has 3 aromatic rings. The van der Waals surface area contributed by atoms with Gasteiger partial charge in [0.15, 0.2) is 5.84 Å². The van der Waals surface area contributed by atoms with Gasteiger partial charge in [-0.1, -0.05) is 81.1 Å². The van der Waals surface area contributed by atoms with E-state index in [1.165, 1.54) is 11.1 Å². The van der Waals surface area contributed by atoms with Crippen molar-refractivity contribution in [3.63, 3.8) is 0 Å². The smallest absolute Gasteiger partial charge is 0.212 e. The number of rotatable bonds is 10. The third kappa shape index (κ3) is 7.22. The summed E-state index contributed by atoms with van der Waals surface area (Å²) < 4.78 is 36.1. The van der Waals surface area contributed by atoms with Crippen LogP contribution in [-0.4, -0.2) is 49.3 Å². The fourth-order valence-electron chi connectivity index (χ4n) is 5.39. The molecule has 8 nitrogen and oxygen atoms in total. The SMILES string of the molecule is C=C1C=C(CNS(=O)(=O)CC(C)C)NC(=NCC(c2ccccc2)c2ccccc2)c2ncn(C3CCCCO3)c21. The summed E-state index contributed by atoms with van der Waals surface area (Å²) in [7, 11) is -3.45. The summed E-state index contributed by atoms with van der Waals surface area (Å²) in [5, 5.41) is 3.41. The first kappa shape index (κ1) is 29.0. The predicted molar refractivity (Wildman–Crippen MR) is 164 cm³/mol. The van der Waals surface area contributed by atoms with E-state index in [1.54, 1.807) is 6.33 Å². The van der Waals surface area contributed by atoms with E-state index in [2.05, 4.69) is 40.9 Å². The fourth-order valence-corrected chi connectivity index (χ4v) is 6.76. The maximum absolute atomic E-state index is 12.6. The molecule has 0 aliphatic carbocycles. The van der Waals surface area contributed by atoms with Gasteiger partial charge < -0.3 is 14.6 Å². The minimum Gasteiger partial charge on any atom is -0.358 e. The Balaban J connectivity index is 1.51. The van der Waals surface area contributed by atoms with Gasteiger partial charge in [0, 0.05) is 18.2 Å². The molecule has 9 heteroatoms. The maximum atomic E-state index is 12.6. The van der Waals surface area contributed by atoms with Gasteiger partial charge in [-0.05, 0) is 48.0 Å². The second-order valence-corrected chi connectivity index (χ2v) is 12.9. The molecular weight excluding hydrogens is 534 g/mol. The number of hydrogen-bond donors (Lipinski definition) is 2. The van der Waals surface area contributed by atoms with E-state index in [0.717, 1.165) is 30.5 Å². The molecule has 41 heavy (non-hydrogen) atoms. The van der Waals surface area contributed by atoms with Gasteiger partial charge in [-0.25, -0.2) is 18.1 Å². The molecule has 0 saturated carbocycles. The lowest BCUT2D eigenvalue weighted by Gasteiger charge is -2.25. The molecule has 1 unspecified atom stereocenters. The van der Waals surface area contributed by atoms with Crippen LogP contribution in [0.5, 0.6) is 0 Å². The Morgan fingerprint density at radius 2 is 1.78 bits per heavy atom. The molecule has 0 spiro atoms. The van der Waals surface area contributed by atoms with Crippen LogP contribution in [0.4, 0.5) is 0 Å². The summed E-state index contributed by atoms with van der Waals surface area (Å²) in [5.41, 5.74) is 5.23. The highest BCUT2D eigenvalue weighted by Crippen LogP contribution is 2.31. The van der Waals surface area contributed by atoms with Crippen LogP contribution in [-0.2, 0) is 14.8 Å². The minimum atomic E-state index is -3.45. The maximum Gasteiger partial charge on any atom is 0.212 e. The number of nitrogens with zero attached hydrogens (tertiary/aromatic N) is 3. The first-order chi connectivity index (χ1) is 19.8. The van der Waals surface area contributed by atoms with Crippen molar-refractivity contribution in [3.05, 3.63) is 108 Å². The van der Waals surface area contributed by atoms with Crippen molar-refractivity contribution >= 4 is 21.4 Å². The number of benzene rings is 2. The summed E-state index contributed by atoms with van der Waals surface area (Å²) >= 11 is 0. The van der Waals surface area contributed by atoms with Gasteiger partial charge in [-0.2, -0.15) is 0 Å². The number of aliphatic imine (C=N–C) groups is 1. The molecule has 216 valence electrons. The number of fused-ring (bicyclic) bond motifs is 1. The predicted octanol–water partition coefficient (Wildman–Crippen LogP) is 5.24. The number of sulfonamides is 1. The first-order valence-corrected chi connectivity index (χ1v) is 15.9. The number of amidine groups is 1. The van der Waals surface area contributed by atoms with Crippen LogP contribution in [0, 0.1) is 5.92 Å². The van der Waals surface area contributed by atoms with E-state index in [-0.39, 0.29) is 30.4 Å². The third-order valence-electron chi connectivity index (χ3n) is 7.29. The van der Waals surface area contributed by atoms with E-state index >= 15 is 0 Å². The van der Waals surface area contributed by atoms with Crippen LogP contribution in [0.2, 0.25) is 0 Å². The molecule has 2 aromatic carbocycles. The van der Waals surface area contributed by atoms with Crippen LogP contribution >= 0.6 is 0 Å². The average Bonchev–Trinajstić information content (AvgIpc) is 3.36. The molecule has 2 aliphatic rings. The lowest BCUT2D eigenvalue weighted by atomic mass is 9.91. The average molecular weight is 574 g/mol. The zero-order chi connectivity index (χ0) is 28.8. The highest BCUT2D eigenvalue weighted by molar-refractivity contribution is 7.89. The molecule has 2 N–H and O–H groups in total. The van der Waals surface area contributed by atoms with Crippen molar-refractivity contribution in [2.75, 3.05) is 25.4 Å². The van der Waals surface area contributed by atoms with Crippen molar-refractivity contribution in [1.29, 1.82) is 0 Å². The number of allylic oxidation sites excluding steroid dienone is 2. The molecule has 1 saturated heterocycles. The molecule has 1 fully saturated rings. The van der Waals surface area contributed by atoms with Crippen LogP contribution in [0.1, 0.15) is 67.8 Å². The van der Waals surface area contributed by atoms with E-state index < -0.39 is 10.0 Å². The standard InChI is InChI=1S/C32H39N5O3S/c1-23(2)21-41(38,39)35-19-27-18-24(3)31-30(34-22-37(31)29-16-10-11-17-40-29)32(36-27)33-20-28(25-12-6-4-7-13-25)26-14-8-5-9-15-26/h4-9,12-15,18,22-23,28-29,35H,3,10-11,16-17,19-21H2,1-2H3,(H,33,36). The van der Waals surface area contributed by atoms with E-state index in [1.807, 2.05) is 60.9 Å². The van der Waals surface area contributed by atoms with Gasteiger partial charge in [-0.3, -0.25) is 4.99 Å². The van der Waals surface area contributed by atoms with E-state index in [4.69, 9.17) is 14.7 Å². The topological polar surface area (TPSA) is 97.6 Å². The summed E-state index contributed by atoms with van der Waals surface area (Å²) in [6.45, 7) is 9.40. The number of aromatic nitrogens is 2. The highest BCUT2D eigenvalue weighted by atomic mass is 32.2. The van der Waals surface area contributed by atoms with Gasteiger partial charge in [0.2, 0.25) is 10.0 Å². The Hall–Kier alpha value is -3.53. The molecule has 0 bridgehead atoms. The summed E-state index contributed by atoms with van der Waals surface area (Å²) in [6, 6.07) is 20.7. The Morgan fingerprint density at radius 1 is 1.10 bits per heavy atom. The lowest BCUT2D eigenvalue weighted by Crippen LogP contribution is -2.35. The van der Waals surface area contributed by atoms with Crippen LogP contribution in [0.15, 0.2) is 90.3 Å². The molecule has 0 radical (unpaired) electrons. The normalized spacial score (nSPS) is 18.7. The zero-order valence-electron chi connectivity index (χ0n) is 23.8. The van der Waals surface area contributed by atoms with Gasteiger partial charge in [0.1, 0.15) is 11.9 Å². The van der Waals surface area contributed by atoms with Crippen molar-refractivity contribution in [2.45, 2.75) is 45.3 Å². The van der Waals surface area contributed by atoms with E-state index in [9.17, 15) is 8.42 Å². The summed E-state index contributed by atoms with van der Waals surface area (Å²) in [4.78, 5) is 9.89. The Morgan fingerprint density at radius 3 is 2.39 bits per heavy atom. The molecule has 0 amide bonds. The molecule has 2 aliphatic heterocycles. The van der Waals surface area contributed by atoms with Gasteiger partial charge >= 0.3 is 0 Å². The summed E-state index contributed by atoms with van der Waals surface area (Å²) in [5.74, 6) is 0.693. The minimum absolute atomic E-state index is 0.0208. The first-order valence-electron chi connectivity index (χ1n) is 14.3. The summed E-state index contributed by atoms with van der Waals surface area (Å²) in [6.07, 6.45) is 6.58. The van der Waals surface area contributed by atoms with E-state index in [0.29, 0.717) is 30.4 Å². The second-order valence-electron chi connectivity index (χ2n) is 11.0. The van der Waals surface area contributed by atoms with Gasteiger partial charge in [0.05, 0.1) is 30.9 Å². The number of imidazole rings is 1. The monoisotopic (exact) mass is 573 g/mol. The third-order valence-corrected chi connectivity index (χ3v) is 8.98. The Kier molecular flexibility index (Phi) is 9.17. The Bertz CT molecular complexity index is 1470. The second kappa shape index (κ2) is 13.0. The molecule has 3 heterocycles. The number of ether oxygens (including phenoxy) is 1. The van der Waals surface area contributed by atoms with Crippen LogP contribution in [0.3, 0.4) is 0 Å². The van der Waals surface area contributed by atoms with Gasteiger partial charge in [-0.15, -0.1) is 0 Å². The van der Waals surface area contributed by atoms with Crippen molar-refractivity contribution in [1.82, 2.24) is 19.6 Å². The number of hydrogen-bond acceptors (Lipinski definition) is 5. The lowest BCUT2D eigenvalue weighted by molar-refractivity contribution is -0.0324. The quantitative estimate of drug-likeness (QED) is 0.346. The largest absolute Gasteiger partial charge is 0.358 e. The van der Waals surface area contributed by atoms with Crippen LogP contribution in [0.25, 0.3) is 5.57 Å². The molecule has 1 atom stereocenters. The van der Waals surface area contributed by atoms with Crippen LogP contribution < -0.4 is 10.0 Å². The highest BCUT2D eigenvalue weighted by Gasteiger charge is 2.28. The number of nitrogens with one attached hydrogen (secondary N) is 2. The van der Waals surface area contributed by atoms with Gasteiger partial charge in [0.25, 0.3) is 0 Å². The molecule has 1 aromatic heterocycles. The van der Waals surface area contributed by atoms with Crippen molar-refractivity contribution in [3.8, 4) is 0 Å². The Labute approximate surface area is 243 Å². The van der Waals surface area contributed by atoms with Crippen molar-refractivity contribution in [2.24, 2.45) is 10.9 Å². The fraction of sp³-hybridized carbons (Fsp3) is 0.375. The molecule has 5 rings (SSSR count). The zero-order valence-corrected chi connectivity index (χ0v) is 24.6.